The molecule has 0 amide bonds. The minimum absolute atomic E-state index is 0.156. The molecule has 0 saturated carbocycles. The maximum Gasteiger partial charge on any atom is 0.164 e. The maximum absolute atomic E-state index is 8.44. The van der Waals surface area contributed by atoms with Crippen LogP contribution in [-0.4, -0.2) is 54.4 Å². The van der Waals surface area contributed by atoms with Crippen molar-refractivity contribution in [2.24, 2.45) is 0 Å². The summed E-state index contributed by atoms with van der Waals surface area (Å²) in [6.45, 7) is 2.55. The number of hydrogen-bond donors (Lipinski definition) is 5. The van der Waals surface area contributed by atoms with Crippen LogP contribution in [0, 0.1) is 0 Å². The van der Waals surface area contributed by atoms with Crippen LogP contribution in [0.2, 0.25) is 0 Å². The average Bonchev–Trinajstić information content (AvgIpc) is 2.02. The van der Waals surface area contributed by atoms with Gasteiger partial charge in [-0.3, -0.25) is 0 Å². The zero-order valence-electron chi connectivity index (χ0n) is 7.16. The van der Waals surface area contributed by atoms with Gasteiger partial charge in [-0.15, -0.1) is 0 Å². The Bertz CT molecular complexity index is 90.7. The lowest BCUT2D eigenvalue weighted by molar-refractivity contribution is -0.0370. The van der Waals surface area contributed by atoms with E-state index in [0.717, 1.165) is 19.5 Å². The minimum atomic E-state index is -1.27. The van der Waals surface area contributed by atoms with Crippen LogP contribution >= 0.6 is 0 Å². The third-order valence-electron chi connectivity index (χ3n) is 1.32. The molecule has 0 aliphatic heterocycles. The van der Waals surface area contributed by atoms with E-state index in [0.29, 0.717) is 6.54 Å². The van der Waals surface area contributed by atoms with Crippen molar-refractivity contribution in [2.45, 2.75) is 12.7 Å². The molecular formula is C7H18N2O3. The summed E-state index contributed by atoms with van der Waals surface area (Å²) in [4.78, 5) is 0. The van der Waals surface area contributed by atoms with Crippen LogP contribution in [0.15, 0.2) is 0 Å². The molecule has 0 fully saturated rings. The first-order valence-electron chi connectivity index (χ1n) is 4.16. The van der Waals surface area contributed by atoms with Gasteiger partial charge in [-0.2, -0.15) is 0 Å². The van der Waals surface area contributed by atoms with Crippen LogP contribution in [0.3, 0.4) is 0 Å². The zero-order valence-corrected chi connectivity index (χ0v) is 7.16. The average molecular weight is 178 g/mol. The van der Waals surface area contributed by atoms with Crippen molar-refractivity contribution < 1.29 is 15.3 Å². The smallest absolute Gasteiger partial charge is 0.164 e. The van der Waals surface area contributed by atoms with Crippen molar-refractivity contribution in [3.63, 3.8) is 0 Å². The topological polar surface area (TPSA) is 84.8 Å². The van der Waals surface area contributed by atoms with E-state index in [-0.39, 0.29) is 13.2 Å². The van der Waals surface area contributed by atoms with Crippen LogP contribution in [0.1, 0.15) is 6.42 Å². The number of aliphatic hydroxyl groups is 3. The van der Waals surface area contributed by atoms with Crippen molar-refractivity contribution in [2.75, 3.05) is 32.8 Å². The molecular weight excluding hydrogens is 160 g/mol. The van der Waals surface area contributed by atoms with E-state index < -0.39 is 6.29 Å². The predicted octanol–water partition coefficient (Wildman–Crippen LogP) is -2.14. The SMILES string of the molecule is OCCNCCCNCC(O)O. The summed E-state index contributed by atoms with van der Waals surface area (Å²) in [6, 6.07) is 0. The summed E-state index contributed by atoms with van der Waals surface area (Å²) >= 11 is 0. The maximum atomic E-state index is 8.44. The predicted molar refractivity (Wildman–Crippen MR) is 45.7 cm³/mol. The molecule has 5 heteroatoms. The molecule has 5 N–H and O–H groups in total. The van der Waals surface area contributed by atoms with Gasteiger partial charge in [0.25, 0.3) is 0 Å². The number of rotatable bonds is 8. The standard InChI is InChI=1S/C7H18N2O3/c10-5-4-8-2-1-3-9-6-7(11)12/h7-12H,1-6H2. The van der Waals surface area contributed by atoms with Gasteiger partial charge >= 0.3 is 0 Å². The first kappa shape index (κ1) is 11.8. The van der Waals surface area contributed by atoms with Gasteiger partial charge in [0.1, 0.15) is 0 Å². The van der Waals surface area contributed by atoms with Gasteiger partial charge in [0.15, 0.2) is 6.29 Å². The quantitative estimate of drug-likeness (QED) is 0.216. The van der Waals surface area contributed by atoms with E-state index in [4.69, 9.17) is 15.3 Å². The fourth-order valence-corrected chi connectivity index (χ4v) is 0.774. The van der Waals surface area contributed by atoms with Gasteiger partial charge in [0, 0.05) is 13.1 Å². The van der Waals surface area contributed by atoms with E-state index in [1.807, 2.05) is 0 Å². The lowest BCUT2D eigenvalue weighted by Crippen LogP contribution is -2.29. The highest BCUT2D eigenvalue weighted by Gasteiger charge is 1.94. The lowest BCUT2D eigenvalue weighted by atomic mass is 10.4. The second kappa shape index (κ2) is 8.89. The zero-order chi connectivity index (χ0) is 9.23. The Hall–Kier alpha value is -0.200. The third kappa shape index (κ3) is 9.80. The number of aliphatic hydroxyl groups excluding tert-OH is 2. The summed E-state index contributed by atoms with van der Waals surface area (Å²) in [7, 11) is 0. The fraction of sp³-hybridized carbons (Fsp3) is 1.00. The molecule has 0 aromatic carbocycles. The Morgan fingerprint density at radius 3 is 2.25 bits per heavy atom. The molecule has 0 aromatic rings. The highest BCUT2D eigenvalue weighted by Crippen LogP contribution is 1.74. The second-order valence-corrected chi connectivity index (χ2v) is 2.51. The van der Waals surface area contributed by atoms with Gasteiger partial charge < -0.3 is 26.0 Å². The molecule has 12 heavy (non-hydrogen) atoms. The molecule has 0 aliphatic rings. The summed E-state index contributed by atoms with van der Waals surface area (Å²) in [5, 5.41) is 31.1. The van der Waals surface area contributed by atoms with Gasteiger partial charge in [-0.05, 0) is 19.5 Å². The monoisotopic (exact) mass is 178 g/mol. The van der Waals surface area contributed by atoms with Crippen LogP contribution in [0.5, 0.6) is 0 Å². The van der Waals surface area contributed by atoms with Gasteiger partial charge in [0.2, 0.25) is 0 Å². The van der Waals surface area contributed by atoms with E-state index in [2.05, 4.69) is 10.6 Å². The summed E-state index contributed by atoms with van der Waals surface area (Å²) < 4.78 is 0. The second-order valence-electron chi connectivity index (χ2n) is 2.51. The lowest BCUT2D eigenvalue weighted by Gasteiger charge is -2.06. The van der Waals surface area contributed by atoms with E-state index in [1.54, 1.807) is 0 Å². The molecule has 0 aromatic heterocycles. The Labute approximate surface area is 72.4 Å². The van der Waals surface area contributed by atoms with E-state index >= 15 is 0 Å². The molecule has 0 atom stereocenters. The molecule has 0 radical (unpaired) electrons. The minimum Gasteiger partial charge on any atom is -0.395 e. The molecule has 74 valence electrons. The molecule has 0 heterocycles. The summed E-state index contributed by atoms with van der Waals surface area (Å²) in [5.74, 6) is 0. The Kier molecular flexibility index (Phi) is 8.74. The first-order chi connectivity index (χ1) is 5.77. The van der Waals surface area contributed by atoms with Crippen molar-refractivity contribution in [3.8, 4) is 0 Å². The molecule has 0 rings (SSSR count). The fourth-order valence-electron chi connectivity index (χ4n) is 0.774. The largest absolute Gasteiger partial charge is 0.395 e. The molecule has 0 spiro atoms. The van der Waals surface area contributed by atoms with Crippen molar-refractivity contribution in [1.29, 1.82) is 0 Å². The van der Waals surface area contributed by atoms with Crippen molar-refractivity contribution >= 4 is 0 Å². The summed E-state index contributed by atoms with van der Waals surface area (Å²) in [5.41, 5.74) is 0. The van der Waals surface area contributed by atoms with Gasteiger partial charge in [-0.25, -0.2) is 0 Å². The van der Waals surface area contributed by atoms with Crippen LogP contribution in [0.4, 0.5) is 0 Å². The normalized spacial score (nSPS) is 11.0. The third-order valence-corrected chi connectivity index (χ3v) is 1.32. The van der Waals surface area contributed by atoms with E-state index in [1.165, 1.54) is 0 Å². The first-order valence-corrected chi connectivity index (χ1v) is 4.16. The Morgan fingerprint density at radius 2 is 1.67 bits per heavy atom. The molecule has 0 saturated heterocycles. The van der Waals surface area contributed by atoms with Crippen LogP contribution < -0.4 is 10.6 Å². The highest BCUT2D eigenvalue weighted by molar-refractivity contribution is 4.51. The van der Waals surface area contributed by atoms with Crippen molar-refractivity contribution in [3.05, 3.63) is 0 Å². The highest BCUT2D eigenvalue weighted by atomic mass is 16.5. The molecule has 0 unspecified atom stereocenters. The van der Waals surface area contributed by atoms with Crippen LogP contribution in [0.25, 0.3) is 0 Å². The summed E-state index contributed by atoms with van der Waals surface area (Å²) in [6.07, 6.45) is -0.359. The molecule has 5 nitrogen and oxygen atoms in total. The van der Waals surface area contributed by atoms with Gasteiger partial charge in [-0.1, -0.05) is 0 Å². The number of nitrogens with one attached hydrogen (secondary N) is 2. The Balaban J connectivity index is 2.82. The van der Waals surface area contributed by atoms with Gasteiger partial charge in [0.05, 0.1) is 6.61 Å². The van der Waals surface area contributed by atoms with Crippen molar-refractivity contribution in [1.82, 2.24) is 10.6 Å². The van der Waals surface area contributed by atoms with E-state index in [9.17, 15) is 0 Å². The number of hydrogen-bond acceptors (Lipinski definition) is 5. The Morgan fingerprint density at radius 1 is 1.00 bits per heavy atom. The molecule has 0 bridgehead atoms. The van der Waals surface area contributed by atoms with Crippen LogP contribution in [-0.2, 0) is 0 Å². The molecule has 0 aliphatic carbocycles.